The maximum absolute atomic E-state index is 11.6. The third kappa shape index (κ3) is 7.16. The lowest BCUT2D eigenvalue weighted by molar-refractivity contribution is -0.164. The Labute approximate surface area is 195 Å². The number of benzene rings is 1. The molecule has 31 heavy (non-hydrogen) atoms. The lowest BCUT2D eigenvalue weighted by atomic mass is 9.53. The van der Waals surface area contributed by atoms with E-state index >= 15 is 0 Å². The smallest absolute Gasteiger partial charge is 0.345 e. The number of hydrogen-bond donors (Lipinski definition) is 3. The molecule has 0 radical (unpaired) electrons. The van der Waals surface area contributed by atoms with Gasteiger partial charge >= 0.3 is 11.9 Å². The normalized spacial score (nSPS) is 30.1. The molecule has 0 amide bonds. The van der Waals surface area contributed by atoms with Gasteiger partial charge < -0.3 is 15.6 Å². The molecule has 3 N–H and O–H groups in total. The van der Waals surface area contributed by atoms with Crippen LogP contribution in [0.5, 0.6) is 0 Å². The van der Waals surface area contributed by atoms with Crippen LogP contribution in [0.1, 0.15) is 51.0 Å². The molecule has 7 heteroatoms. The highest BCUT2D eigenvalue weighted by molar-refractivity contribution is 7.98. The molecule has 172 valence electrons. The lowest BCUT2D eigenvalue weighted by Crippen LogP contribution is -2.55. The van der Waals surface area contributed by atoms with E-state index in [-0.39, 0.29) is 5.75 Å². The number of hydrogen-bond acceptors (Lipinski definition) is 6. The monoisotopic (exact) mass is 465 g/mol. The van der Waals surface area contributed by atoms with Gasteiger partial charge in [-0.05, 0) is 61.8 Å². The van der Waals surface area contributed by atoms with E-state index < -0.39 is 24.0 Å². The van der Waals surface area contributed by atoms with E-state index in [2.05, 4.69) is 12.6 Å². The molecule has 1 aromatic rings. The quantitative estimate of drug-likeness (QED) is 0.390. The van der Waals surface area contributed by atoms with Crippen molar-refractivity contribution in [2.75, 3.05) is 11.5 Å². The summed E-state index contributed by atoms with van der Waals surface area (Å²) in [4.78, 5) is 22.7. The van der Waals surface area contributed by atoms with E-state index in [0.29, 0.717) is 17.0 Å². The Kier molecular flexibility index (Phi) is 8.76. The number of ether oxygens (including phenoxy) is 1. The van der Waals surface area contributed by atoms with Gasteiger partial charge in [0.25, 0.3) is 0 Å². The first-order chi connectivity index (χ1) is 14.8. The number of carbonyl (C=O) groups excluding carboxylic acids is 1. The molecule has 2 atom stereocenters. The third-order valence-electron chi connectivity index (χ3n) is 6.68. The fourth-order valence-electron chi connectivity index (χ4n) is 5.52. The van der Waals surface area contributed by atoms with Crippen LogP contribution in [-0.2, 0) is 20.1 Å². The Morgan fingerprint density at radius 3 is 2.16 bits per heavy atom. The van der Waals surface area contributed by atoms with Gasteiger partial charge in [0.15, 0.2) is 0 Å². The molecule has 1 aromatic carbocycles. The summed E-state index contributed by atoms with van der Waals surface area (Å²) in [7, 11) is 0. The molecular weight excluding hydrogens is 430 g/mol. The van der Waals surface area contributed by atoms with Crippen molar-refractivity contribution in [2.24, 2.45) is 29.4 Å². The summed E-state index contributed by atoms with van der Waals surface area (Å²) in [6, 6.07) is 9.72. The summed E-state index contributed by atoms with van der Waals surface area (Å²) in [6.07, 6.45) is 7.46. The maximum atomic E-state index is 11.6. The zero-order chi connectivity index (χ0) is 22.4. The summed E-state index contributed by atoms with van der Waals surface area (Å²) in [5.74, 6) is 2.27. The summed E-state index contributed by atoms with van der Waals surface area (Å²) in [5.41, 5.74) is 7.73. The molecule has 5 rings (SSSR count). The first-order valence-electron chi connectivity index (χ1n) is 11.2. The predicted octanol–water partition coefficient (Wildman–Crippen LogP) is 4.40. The molecule has 4 aliphatic carbocycles. The first-order valence-corrected chi connectivity index (χ1v) is 13.0. The van der Waals surface area contributed by atoms with E-state index in [1.807, 2.05) is 30.3 Å². The number of esters is 1. The summed E-state index contributed by atoms with van der Waals surface area (Å²) >= 11 is 5.42. The summed E-state index contributed by atoms with van der Waals surface area (Å²) < 4.78 is 4.99. The number of carboxylic acids is 1. The van der Waals surface area contributed by atoms with Crippen LogP contribution < -0.4 is 5.73 Å². The molecule has 0 aliphatic heterocycles. The van der Waals surface area contributed by atoms with Gasteiger partial charge in [-0.15, -0.1) is 0 Å². The Hall–Kier alpha value is -1.18. The van der Waals surface area contributed by atoms with Crippen LogP contribution in [0.2, 0.25) is 0 Å². The van der Waals surface area contributed by atoms with E-state index in [9.17, 15) is 9.59 Å². The number of carbonyl (C=O) groups is 2. The number of rotatable bonds is 8. The van der Waals surface area contributed by atoms with Gasteiger partial charge in [0.05, 0.1) is 5.92 Å². The van der Waals surface area contributed by atoms with Crippen LogP contribution in [0, 0.1) is 23.7 Å². The highest BCUT2D eigenvalue weighted by Gasteiger charge is 2.48. The van der Waals surface area contributed by atoms with Gasteiger partial charge in [-0.25, -0.2) is 4.79 Å². The van der Waals surface area contributed by atoms with Crippen molar-refractivity contribution in [1.82, 2.24) is 0 Å². The number of carboxylic acid groups (broad SMARTS) is 1. The molecule has 0 unspecified atom stereocenters. The average molecular weight is 466 g/mol. The molecule has 4 aliphatic rings. The van der Waals surface area contributed by atoms with Gasteiger partial charge in [0, 0.05) is 22.8 Å². The molecule has 4 bridgehead atoms. The predicted molar refractivity (Wildman–Crippen MR) is 128 cm³/mol. The van der Waals surface area contributed by atoms with Gasteiger partial charge in [-0.2, -0.15) is 24.4 Å². The minimum absolute atomic E-state index is 0.231. The molecule has 0 saturated heterocycles. The SMILES string of the molecule is C[C@H](CS)C(=O)O[C@@H](CSCc1ccccc1)C(=O)O.NC12CC3CC(CC(C3)C1)C2. The van der Waals surface area contributed by atoms with Crippen LogP contribution in [0.25, 0.3) is 0 Å². The van der Waals surface area contributed by atoms with E-state index in [1.54, 1.807) is 6.92 Å². The summed E-state index contributed by atoms with van der Waals surface area (Å²) in [5, 5.41) is 9.06. The van der Waals surface area contributed by atoms with Crippen molar-refractivity contribution >= 4 is 36.3 Å². The van der Waals surface area contributed by atoms with Crippen LogP contribution in [0.3, 0.4) is 0 Å². The van der Waals surface area contributed by atoms with E-state index in [0.717, 1.165) is 23.3 Å². The molecule has 4 fully saturated rings. The molecule has 0 aromatic heterocycles. The Morgan fingerprint density at radius 2 is 1.71 bits per heavy atom. The second-order valence-electron chi connectivity index (χ2n) is 9.63. The molecule has 0 spiro atoms. The largest absolute Gasteiger partial charge is 0.478 e. The molecule has 4 saturated carbocycles. The fourth-order valence-corrected chi connectivity index (χ4v) is 6.64. The minimum Gasteiger partial charge on any atom is -0.478 e. The highest BCUT2D eigenvalue weighted by atomic mass is 32.2. The van der Waals surface area contributed by atoms with Crippen LogP contribution in [-0.4, -0.2) is 40.2 Å². The number of nitrogens with two attached hydrogens (primary N) is 1. The molecule has 5 nitrogen and oxygen atoms in total. The van der Waals surface area contributed by atoms with Gasteiger partial charge in [-0.1, -0.05) is 37.3 Å². The fraction of sp³-hybridized carbons (Fsp3) is 0.667. The third-order valence-corrected chi connectivity index (χ3v) is 8.30. The summed E-state index contributed by atoms with van der Waals surface area (Å²) in [6.45, 7) is 1.66. The van der Waals surface area contributed by atoms with Crippen LogP contribution in [0.4, 0.5) is 0 Å². The number of thiol groups is 1. The Balaban J connectivity index is 0.000000204. The topological polar surface area (TPSA) is 89.6 Å². The van der Waals surface area contributed by atoms with E-state index in [1.165, 1.54) is 50.3 Å². The van der Waals surface area contributed by atoms with Crippen molar-refractivity contribution in [3.05, 3.63) is 35.9 Å². The second-order valence-corrected chi connectivity index (χ2v) is 11.0. The highest BCUT2D eigenvalue weighted by Crippen LogP contribution is 2.54. The van der Waals surface area contributed by atoms with Crippen molar-refractivity contribution < 1.29 is 19.4 Å². The zero-order valence-corrected chi connectivity index (χ0v) is 20.0. The number of aliphatic carboxylic acids is 1. The van der Waals surface area contributed by atoms with Gasteiger partial charge in [0.2, 0.25) is 6.10 Å². The lowest BCUT2D eigenvalue weighted by Gasteiger charge is -2.55. The molecule has 0 heterocycles. The zero-order valence-electron chi connectivity index (χ0n) is 18.2. The average Bonchev–Trinajstić information content (AvgIpc) is 2.71. The van der Waals surface area contributed by atoms with Crippen LogP contribution in [0.15, 0.2) is 30.3 Å². The maximum Gasteiger partial charge on any atom is 0.345 e. The minimum atomic E-state index is -1.12. The Morgan fingerprint density at radius 1 is 1.16 bits per heavy atom. The molecular formula is C24H35NO4S2. The van der Waals surface area contributed by atoms with Crippen molar-refractivity contribution in [1.29, 1.82) is 0 Å². The van der Waals surface area contributed by atoms with Crippen LogP contribution >= 0.6 is 24.4 Å². The standard InChI is InChI=1S/C14H18O4S2.C10H17N/c1-10(7-19)14(17)18-12(13(15)16)9-20-8-11-5-3-2-4-6-11;11-10-4-7-1-8(5-10)3-9(2-7)6-10/h2-6,10,12,19H,7-9H2,1H3,(H,15,16);7-9H,1-6,11H2/t10-,12+;/m1./s1. The van der Waals surface area contributed by atoms with Gasteiger partial charge in [-0.3, -0.25) is 4.79 Å². The Bertz CT molecular complexity index is 707. The van der Waals surface area contributed by atoms with Crippen molar-refractivity contribution in [2.45, 2.75) is 62.8 Å². The second kappa shape index (κ2) is 11.1. The van der Waals surface area contributed by atoms with Crippen molar-refractivity contribution in [3.8, 4) is 0 Å². The first kappa shape index (κ1) is 24.5. The van der Waals surface area contributed by atoms with Gasteiger partial charge in [0.1, 0.15) is 0 Å². The van der Waals surface area contributed by atoms with Crippen molar-refractivity contribution in [3.63, 3.8) is 0 Å². The van der Waals surface area contributed by atoms with E-state index in [4.69, 9.17) is 15.6 Å². The number of thioether (sulfide) groups is 1.